The Labute approximate surface area is 129 Å². The maximum Gasteiger partial charge on any atom is 0.255 e. The highest BCUT2D eigenvalue weighted by molar-refractivity contribution is 7.97. The van der Waals surface area contributed by atoms with Gasteiger partial charge in [-0.2, -0.15) is 11.8 Å². The van der Waals surface area contributed by atoms with Crippen molar-refractivity contribution in [3.05, 3.63) is 59.7 Å². The number of ether oxygens (including phenoxy) is 1. The minimum atomic E-state index is -0.0953. The third kappa shape index (κ3) is 4.53. The molecule has 3 nitrogen and oxygen atoms in total. The molecule has 0 unspecified atom stereocenters. The fraction of sp³-hybridized carbons (Fsp3) is 0.235. The number of carbonyl (C=O) groups is 1. The Hall–Kier alpha value is -1.94. The third-order valence-electron chi connectivity index (χ3n) is 2.92. The first-order valence-corrected chi connectivity index (χ1v) is 8.24. The Kier molecular flexibility index (Phi) is 5.69. The SMILES string of the molecule is CCOc1ccc(NC(=O)c2cccc(CSC)c2)cc1. The topological polar surface area (TPSA) is 38.3 Å². The van der Waals surface area contributed by atoms with Crippen LogP contribution in [0.1, 0.15) is 22.8 Å². The molecule has 0 bridgehead atoms. The fourth-order valence-electron chi connectivity index (χ4n) is 1.97. The predicted molar refractivity (Wildman–Crippen MR) is 89.2 cm³/mol. The molecule has 110 valence electrons. The van der Waals surface area contributed by atoms with Crippen LogP contribution in [0.2, 0.25) is 0 Å². The summed E-state index contributed by atoms with van der Waals surface area (Å²) in [6, 6.07) is 15.1. The van der Waals surface area contributed by atoms with Gasteiger partial charge in [0.1, 0.15) is 5.75 Å². The van der Waals surface area contributed by atoms with E-state index in [4.69, 9.17) is 4.74 Å². The summed E-state index contributed by atoms with van der Waals surface area (Å²) in [4.78, 5) is 12.2. The number of hydrogen-bond acceptors (Lipinski definition) is 3. The van der Waals surface area contributed by atoms with Crippen molar-refractivity contribution < 1.29 is 9.53 Å². The minimum Gasteiger partial charge on any atom is -0.494 e. The van der Waals surface area contributed by atoms with E-state index >= 15 is 0 Å². The molecule has 0 aliphatic heterocycles. The van der Waals surface area contributed by atoms with E-state index in [-0.39, 0.29) is 5.91 Å². The Morgan fingerprint density at radius 1 is 1.19 bits per heavy atom. The molecule has 0 saturated carbocycles. The Balaban J connectivity index is 2.05. The molecule has 0 aromatic heterocycles. The summed E-state index contributed by atoms with van der Waals surface area (Å²) < 4.78 is 5.38. The molecule has 4 heteroatoms. The summed E-state index contributed by atoms with van der Waals surface area (Å²) in [6.45, 7) is 2.57. The van der Waals surface area contributed by atoms with Crippen LogP contribution in [0.3, 0.4) is 0 Å². The number of amides is 1. The van der Waals surface area contributed by atoms with Crippen molar-refractivity contribution in [2.24, 2.45) is 0 Å². The van der Waals surface area contributed by atoms with E-state index in [2.05, 4.69) is 5.32 Å². The van der Waals surface area contributed by atoms with Gasteiger partial charge in [-0.05, 0) is 55.1 Å². The standard InChI is InChI=1S/C17H19NO2S/c1-3-20-16-9-7-15(8-10-16)18-17(19)14-6-4-5-13(11-14)12-21-2/h4-11H,3,12H2,1-2H3,(H,18,19). The van der Waals surface area contributed by atoms with E-state index in [0.29, 0.717) is 12.2 Å². The molecule has 2 aromatic carbocycles. The van der Waals surface area contributed by atoms with Crippen LogP contribution in [0.5, 0.6) is 5.75 Å². The zero-order valence-corrected chi connectivity index (χ0v) is 13.1. The normalized spacial score (nSPS) is 10.2. The first-order valence-electron chi connectivity index (χ1n) is 6.85. The molecule has 0 aliphatic carbocycles. The Bertz CT molecular complexity index is 596. The smallest absolute Gasteiger partial charge is 0.255 e. The summed E-state index contributed by atoms with van der Waals surface area (Å²) in [5, 5.41) is 2.90. The molecular formula is C17H19NO2S. The van der Waals surface area contributed by atoms with E-state index in [1.165, 1.54) is 0 Å². The van der Waals surface area contributed by atoms with Gasteiger partial charge in [0.25, 0.3) is 5.91 Å². The Morgan fingerprint density at radius 3 is 2.62 bits per heavy atom. The van der Waals surface area contributed by atoms with Crippen LogP contribution in [0, 0.1) is 0 Å². The van der Waals surface area contributed by atoms with Crippen molar-refractivity contribution in [1.82, 2.24) is 0 Å². The highest BCUT2D eigenvalue weighted by Gasteiger charge is 2.07. The molecule has 0 spiro atoms. The van der Waals surface area contributed by atoms with Gasteiger partial charge < -0.3 is 10.1 Å². The van der Waals surface area contributed by atoms with Crippen LogP contribution < -0.4 is 10.1 Å². The molecule has 2 aromatic rings. The molecule has 1 N–H and O–H groups in total. The first-order chi connectivity index (χ1) is 10.2. The number of thioether (sulfide) groups is 1. The molecule has 0 radical (unpaired) electrons. The maximum atomic E-state index is 12.2. The predicted octanol–water partition coefficient (Wildman–Crippen LogP) is 4.20. The lowest BCUT2D eigenvalue weighted by molar-refractivity contribution is 0.102. The lowest BCUT2D eigenvalue weighted by Gasteiger charge is -2.08. The van der Waals surface area contributed by atoms with Crippen molar-refractivity contribution in [1.29, 1.82) is 0 Å². The molecule has 0 aliphatic rings. The first kappa shape index (κ1) is 15.4. The second kappa shape index (κ2) is 7.74. The maximum absolute atomic E-state index is 12.2. The molecule has 0 saturated heterocycles. The third-order valence-corrected chi connectivity index (χ3v) is 3.55. The number of nitrogens with one attached hydrogen (secondary N) is 1. The van der Waals surface area contributed by atoms with Gasteiger partial charge in [-0.1, -0.05) is 12.1 Å². The van der Waals surface area contributed by atoms with Gasteiger partial charge in [-0.3, -0.25) is 4.79 Å². The van der Waals surface area contributed by atoms with Gasteiger partial charge in [-0.25, -0.2) is 0 Å². The van der Waals surface area contributed by atoms with Crippen LogP contribution in [-0.4, -0.2) is 18.8 Å². The number of rotatable bonds is 6. The lowest BCUT2D eigenvalue weighted by Crippen LogP contribution is -2.12. The molecule has 0 heterocycles. The molecule has 0 atom stereocenters. The summed E-state index contributed by atoms with van der Waals surface area (Å²) >= 11 is 1.74. The molecule has 21 heavy (non-hydrogen) atoms. The highest BCUT2D eigenvalue weighted by Crippen LogP contribution is 2.17. The van der Waals surface area contributed by atoms with E-state index in [0.717, 1.165) is 22.8 Å². The van der Waals surface area contributed by atoms with E-state index in [9.17, 15) is 4.79 Å². The average molecular weight is 301 g/mol. The zero-order chi connectivity index (χ0) is 15.1. The minimum absolute atomic E-state index is 0.0953. The van der Waals surface area contributed by atoms with Crippen LogP contribution in [0.15, 0.2) is 48.5 Å². The van der Waals surface area contributed by atoms with Crippen molar-refractivity contribution >= 4 is 23.4 Å². The van der Waals surface area contributed by atoms with E-state index in [1.807, 2.05) is 61.7 Å². The van der Waals surface area contributed by atoms with Crippen LogP contribution >= 0.6 is 11.8 Å². The van der Waals surface area contributed by atoms with Crippen LogP contribution in [0.25, 0.3) is 0 Å². The largest absolute Gasteiger partial charge is 0.494 e. The summed E-state index contributed by atoms with van der Waals surface area (Å²) in [7, 11) is 0. The zero-order valence-electron chi connectivity index (χ0n) is 12.3. The van der Waals surface area contributed by atoms with Crippen LogP contribution in [-0.2, 0) is 5.75 Å². The number of hydrogen-bond donors (Lipinski definition) is 1. The van der Waals surface area contributed by atoms with E-state index in [1.54, 1.807) is 11.8 Å². The van der Waals surface area contributed by atoms with Crippen molar-refractivity contribution in [2.75, 3.05) is 18.2 Å². The van der Waals surface area contributed by atoms with Gasteiger partial charge in [0.15, 0.2) is 0 Å². The van der Waals surface area contributed by atoms with E-state index < -0.39 is 0 Å². The average Bonchev–Trinajstić information content (AvgIpc) is 2.50. The van der Waals surface area contributed by atoms with Crippen molar-refractivity contribution in [3.8, 4) is 5.75 Å². The molecule has 2 rings (SSSR count). The number of anilines is 1. The summed E-state index contributed by atoms with van der Waals surface area (Å²) in [6.07, 6.45) is 2.05. The summed E-state index contributed by atoms with van der Waals surface area (Å²) in [5.41, 5.74) is 2.59. The second-order valence-electron chi connectivity index (χ2n) is 4.54. The Morgan fingerprint density at radius 2 is 1.95 bits per heavy atom. The lowest BCUT2D eigenvalue weighted by atomic mass is 10.1. The number of benzene rings is 2. The van der Waals surface area contributed by atoms with Gasteiger partial charge in [-0.15, -0.1) is 0 Å². The van der Waals surface area contributed by atoms with Gasteiger partial charge in [0.2, 0.25) is 0 Å². The van der Waals surface area contributed by atoms with Gasteiger partial charge >= 0.3 is 0 Å². The van der Waals surface area contributed by atoms with Gasteiger partial charge in [0.05, 0.1) is 6.61 Å². The number of carbonyl (C=O) groups excluding carboxylic acids is 1. The van der Waals surface area contributed by atoms with Gasteiger partial charge in [0, 0.05) is 17.0 Å². The monoisotopic (exact) mass is 301 g/mol. The second-order valence-corrected chi connectivity index (χ2v) is 5.41. The molecule has 1 amide bonds. The molecular weight excluding hydrogens is 282 g/mol. The summed E-state index contributed by atoms with van der Waals surface area (Å²) in [5.74, 6) is 1.61. The highest BCUT2D eigenvalue weighted by atomic mass is 32.2. The van der Waals surface area contributed by atoms with Crippen molar-refractivity contribution in [3.63, 3.8) is 0 Å². The fourth-order valence-corrected chi connectivity index (χ4v) is 2.49. The van der Waals surface area contributed by atoms with Crippen LogP contribution in [0.4, 0.5) is 5.69 Å². The van der Waals surface area contributed by atoms with Crippen molar-refractivity contribution in [2.45, 2.75) is 12.7 Å². The quantitative estimate of drug-likeness (QED) is 0.869. The molecule has 0 fully saturated rings.